The number of hydrogen-bond acceptors (Lipinski definition) is 3. The molecule has 1 aromatic heterocycles. The summed E-state index contributed by atoms with van der Waals surface area (Å²) in [5.74, 6) is 0.0933. The second kappa shape index (κ2) is 3.34. The van der Waals surface area contributed by atoms with Gasteiger partial charge in [-0.05, 0) is 13.0 Å². The van der Waals surface area contributed by atoms with Crippen LogP contribution in [0.1, 0.15) is 23.9 Å². The molecule has 82 valence electrons. The Kier molecular flexibility index (Phi) is 2.26. The van der Waals surface area contributed by atoms with Gasteiger partial charge in [0.25, 0.3) is 0 Å². The summed E-state index contributed by atoms with van der Waals surface area (Å²) >= 11 is 0. The Morgan fingerprint density at radius 2 is 2.20 bits per heavy atom. The van der Waals surface area contributed by atoms with Crippen molar-refractivity contribution in [1.29, 1.82) is 0 Å². The third-order valence-electron chi connectivity index (χ3n) is 3.06. The number of likely N-dealkylation sites (tertiary alicyclic amines) is 1. The molecule has 1 fully saturated rings. The SMILES string of the molecule is Cc1cc([C@H]2[C@H](N)CC(=O)N2C)nn1C. The van der Waals surface area contributed by atoms with E-state index in [2.05, 4.69) is 5.10 Å². The first kappa shape index (κ1) is 10.2. The Bertz CT molecular complexity index is 379. The molecule has 1 aromatic rings. The molecule has 1 aliphatic rings. The van der Waals surface area contributed by atoms with Crippen LogP contribution in [0.5, 0.6) is 0 Å². The summed E-state index contributed by atoms with van der Waals surface area (Å²) in [4.78, 5) is 13.2. The number of likely N-dealkylation sites (N-methyl/N-ethyl adjacent to an activating group) is 1. The van der Waals surface area contributed by atoms with Crippen LogP contribution in [0.15, 0.2) is 6.07 Å². The van der Waals surface area contributed by atoms with Crippen molar-refractivity contribution in [3.8, 4) is 0 Å². The van der Waals surface area contributed by atoms with Crippen molar-refractivity contribution in [1.82, 2.24) is 14.7 Å². The fraction of sp³-hybridized carbons (Fsp3) is 0.600. The minimum absolute atomic E-state index is 0.0719. The van der Waals surface area contributed by atoms with Crippen LogP contribution in [-0.4, -0.2) is 33.7 Å². The molecule has 2 rings (SSSR count). The molecule has 2 N–H and O–H groups in total. The topological polar surface area (TPSA) is 64.2 Å². The highest BCUT2D eigenvalue weighted by atomic mass is 16.2. The van der Waals surface area contributed by atoms with Gasteiger partial charge in [0.15, 0.2) is 0 Å². The molecule has 0 radical (unpaired) electrons. The Morgan fingerprint density at radius 3 is 2.60 bits per heavy atom. The lowest BCUT2D eigenvalue weighted by Crippen LogP contribution is -2.30. The number of aromatic nitrogens is 2. The summed E-state index contributed by atoms with van der Waals surface area (Å²) in [7, 11) is 3.67. The zero-order valence-corrected chi connectivity index (χ0v) is 9.27. The van der Waals surface area contributed by atoms with E-state index < -0.39 is 0 Å². The van der Waals surface area contributed by atoms with Gasteiger partial charge in [-0.3, -0.25) is 9.48 Å². The van der Waals surface area contributed by atoms with Gasteiger partial charge in [-0.2, -0.15) is 5.10 Å². The molecule has 2 heterocycles. The molecule has 0 aliphatic carbocycles. The molecule has 0 bridgehead atoms. The molecule has 1 amide bonds. The molecule has 1 aliphatic heterocycles. The van der Waals surface area contributed by atoms with Crippen LogP contribution in [-0.2, 0) is 11.8 Å². The van der Waals surface area contributed by atoms with E-state index in [1.165, 1.54) is 0 Å². The van der Waals surface area contributed by atoms with Crippen molar-refractivity contribution in [3.05, 3.63) is 17.5 Å². The zero-order chi connectivity index (χ0) is 11.2. The molecule has 5 heteroatoms. The van der Waals surface area contributed by atoms with Crippen LogP contribution in [0.4, 0.5) is 0 Å². The molecule has 1 saturated heterocycles. The van der Waals surface area contributed by atoms with Gasteiger partial charge in [0, 0.05) is 32.3 Å². The van der Waals surface area contributed by atoms with Gasteiger partial charge in [0.05, 0.1) is 11.7 Å². The molecule has 2 atom stereocenters. The molecule has 0 saturated carbocycles. The number of nitrogens with zero attached hydrogens (tertiary/aromatic N) is 3. The predicted octanol–water partition coefficient (Wildman–Crippen LogP) is -0.0410. The number of amides is 1. The van der Waals surface area contributed by atoms with Crippen LogP contribution in [0.3, 0.4) is 0 Å². The number of nitrogens with two attached hydrogens (primary N) is 1. The molecular formula is C10H16N4O. The van der Waals surface area contributed by atoms with Gasteiger partial charge in [-0.15, -0.1) is 0 Å². The van der Waals surface area contributed by atoms with Crippen molar-refractivity contribution in [2.45, 2.75) is 25.4 Å². The number of aryl methyl sites for hydroxylation is 2. The van der Waals surface area contributed by atoms with Gasteiger partial charge < -0.3 is 10.6 Å². The van der Waals surface area contributed by atoms with Gasteiger partial charge in [0.1, 0.15) is 0 Å². The average molecular weight is 208 g/mol. The lowest BCUT2D eigenvalue weighted by molar-refractivity contribution is -0.127. The third-order valence-corrected chi connectivity index (χ3v) is 3.06. The maximum absolute atomic E-state index is 11.5. The van der Waals surface area contributed by atoms with Crippen molar-refractivity contribution in [2.24, 2.45) is 12.8 Å². The Morgan fingerprint density at radius 1 is 1.53 bits per heavy atom. The van der Waals surface area contributed by atoms with E-state index in [0.29, 0.717) is 6.42 Å². The second-order valence-corrected chi connectivity index (χ2v) is 4.15. The van der Waals surface area contributed by atoms with Gasteiger partial charge >= 0.3 is 0 Å². The summed E-state index contributed by atoms with van der Waals surface area (Å²) in [6.45, 7) is 1.98. The first-order chi connectivity index (χ1) is 7.00. The van der Waals surface area contributed by atoms with E-state index in [9.17, 15) is 4.79 Å². The first-order valence-corrected chi connectivity index (χ1v) is 5.02. The third kappa shape index (κ3) is 1.52. The second-order valence-electron chi connectivity index (χ2n) is 4.15. The lowest BCUT2D eigenvalue weighted by Gasteiger charge is -2.20. The largest absolute Gasteiger partial charge is 0.335 e. The first-order valence-electron chi connectivity index (χ1n) is 5.02. The Hall–Kier alpha value is -1.36. The quantitative estimate of drug-likeness (QED) is 0.704. The summed E-state index contributed by atoms with van der Waals surface area (Å²) < 4.78 is 1.80. The van der Waals surface area contributed by atoms with E-state index in [1.54, 1.807) is 16.6 Å². The highest BCUT2D eigenvalue weighted by Crippen LogP contribution is 2.29. The van der Waals surface area contributed by atoms with Crippen LogP contribution in [0, 0.1) is 6.92 Å². The molecule has 0 spiro atoms. The number of carbonyl (C=O) groups is 1. The average Bonchev–Trinajstić information content (AvgIpc) is 2.57. The minimum atomic E-state index is -0.142. The van der Waals surface area contributed by atoms with Crippen LogP contribution < -0.4 is 5.73 Å². The van der Waals surface area contributed by atoms with Gasteiger partial charge in [-0.1, -0.05) is 0 Å². The van der Waals surface area contributed by atoms with Crippen LogP contribution >= 0.6 is 0 Å². The Balaban J connectivity index is 2.34. The van der Waals surface area contributed by atoms with E-state index in [-0.39, 0.29) is 18.0 Å². The van der Waals surface area contributed by atoms with Gasteiger partial charge in [0.2, 0.25) is 5.91 Å². The predicted molar refractivity (Wildman–Crippen MR) is 56.0 cm³/mol. The van der Waals surface area contributed by atoms with E-state index in [4.69, 9.17) is 5.73 Å². The number of carbonyl (C=O) groups excluding carboxylic acids is 1. The smallest absolute Gasteiger partial charge is 0.224 e. The minimum Gasteiger partial charge on any atom is -0.335 e. The summed E-state index contributed by atoms with van der Waals surface area (Å²) in [5.41, 5.74) is 7.90. The standard InChI is InChI=1S/C10H16N4O/c1-6-4-8(12-14(6)3)10-7(11)5-9(15)13(10)2/h4,7,10H,5,11H2,1-3H3/t7-,10-/m1/s1. The summed E-state index contributed by atoms with van der Waals surface area (Å²) in [6.07, 6.45) is 0.413. The zero-order valence-electron chi connectivity index (χ0n) is 9.27. The van der Waals surface area contributed by atoms with E-state index >= 15 is 0 Å². The normalized spacial score (nSPS) is 26.4. The highest BCUT2D eigenvalue weighted by molar-refractivity contribution is 5.79. The number of hydrogen-bond donors (Lipinski definition) is 1. The Labute approximate surface area is 88.8 Å². The van der Waals surface area contributed by atoms with Gasteiger partial charge in [-0.25, -0.2) is 0 Å². The molecule has 15 heavy (non-hydrogen) atoms. The van der Waals surface area contributed by atoms with Crippen LogP contribution in [0.2, 0.25) is 0 Å². The maximum Gasteiger partial charge on any atom is 0.224 e. The number of rotatable bonds is 1. The molecule has 5 nitrogen and oxygen atoms in total. The van der Waals surface area contributed by atoms with E-state index in [0.717, 1.165) is 11.4 Å². The summed E-state index contributed by atoms with van der Waals surface area (Å²) in [6, 6.07) is 1.77. The molecule has 0 aromatic carbocycles. The fourth-order valence-corrected chi connectivity index (χ4v) is 2.05. The van der Waals surface area contributed by atoms with Crippen molar-refractivity contribution < 1.29 is 4.79 Å². The lowest BCUT2D eigenvalue weighted by atomic mass is 10.1. The molecular weight excluding hydrogens is 192 g/mol. The molecule has 0 unspecified atom stereocenters. The highest BCUT2D eigenvalue weighted by Gasteiger charge is 2.37. The summed E-state index contributed by atoms with van der Waals surface area (Å²) in [5, 5.41) is 4.37. The van der Waals surface area contributed by atoms with Crippen molar-refractivity contribution >= 4 is 5.91 Å². The van der Waals surface area contributed by atoms with E-state index in [1.807, 2.05) is 20.0 Å². The van der Waals surface area contributed by atoms with Crippen molar-refractivity contribution in [2.75, 3.05) is 7.05 Å². The maximum atomic E-state index is 11.5. The van der Waals surface area contributed by atoms with Crippen LogP contribution in [0.25, 0.3) is 0 Å². The van der Waals surface area contributed by atoms with Crippen molar-refractivity contribution in [3.63, 3.8) is 0 Å². The monoisotopic (exact) mass is 208 g/mol. The fourth-order valence-electron chi connectivity index (χ4n) is 2.05.